The summed E-state index contributed by atoms with van der Waals surface area (Å²) in [6.07, 6.45) is 0.351. The van der Waals surface area contributed by atoms with Crippen molar-refractivity contribution >= 4 is 28.7 Å². The summed E-state index contributed by atoms with van der Waals surface area (Å²) >= 11 is 0. The minimum absolute atomic E-state index is 0.244. The van der Waals surface area contributed by atoms with Crippen LogP contribution in [0.1, 0.15) is 13.3 Å². The molecule has 0 aliphatic rings. The van der Waals surface area contributed by atoms with E-state index in [-0.39, 0.29) is 5.97 Å². The fraction of sp³-hybridized carbons (Fsp3) is 0.0952. The molecule has 0 bridgehead atoms. The van der Waals surface area contributed by atoms with E-state index in [1.807, 2.05) is 66.7 Å². The molecule has 3 aromatic carbocycles. The fourth-order valence-corrected chi connectivity index (χ4v) is 2.51. The Balaban J connectivity index is 1.97. The van der Waals surface area contributed by atoms with Crippen molar-refractivity contribution in [2.24, 2.45) is 0 Å². The van der Waals surface area contributed by atoms with E-state index < -0.39 is 0 Å². The number of carbonyl (C=O) groups is 1. The number of benzene rings is 3. The van der Waals surface area contributed by atoms with Crippen molar-refractivity contribution in [3.8, 4) is 5.75 Å². The van der Waals surface area contributed by atoms with Gasteiger partial charge in [0.25, 0.3) is 0 Å². The molecule has 4 nitrogen and oxygen atoms in total. The number of hydrogen-bond acceptors (Lipinski definition) is 4. The zero-order valence-electron chi connectivity index (χ0n) is 14.1. The molecule has 0 atom stereocenters. The van der Waals surface area contributed by atoms with Crippen molar-refractivity contribution in [2.45, 2.75) is 13.3 Å². The number of hydrogen-bond donors (Lipinski definition) is 1. The van der Waals surface area contributed by atoms with Crippen LogP contribution in [-0.2, 0) is 4.79 Å². The van der Waals surface area contributed by atoms with Crippen LogP contribution >= 0.6 is 0 Å². The lowest BCUT2D eigenvalue weighted by Gasteiger charge is -2.25. The predicted octanol–water partition coefficient (Wildman–Crippen LogP) is 5.05. The monoisotopic (exact) mass is 332 g/mol. The van der Waals surface area contributed by atoms with Crippen molar-refractivity contribution in [2.75, 3.05) is 10.6 Å². The Morgan fingerprint density at radius 3 is 1.92 bits per heavy atom. The van der Waals surface area contributed by atoms with E-state index in [2.05, 4.69) is 4.90 Å². The van der Waals surface area contributed by atoms with Crippen molar-refractivity contribution in [1.29, 1.82) is 0 Å². The highest BCUT2D eigenvalue weighted by Gasteiger charge is 2.12. The van der Waals surface area contributed by atoms with Gasteiger partial charge in [0.1, 0.15) is 5.75 Å². The van der Waals surface area contributed by atoms with E-state index in [0.29, 0.717) is 12.2 Å². The van der Waals surface area contributed by atoms with Gasteiger partial charge in [-0.1, -0.05) is 25.1 Å². The van der Waals surface area contributed by atoms with Crippen LogP contribution in [0.4, 0.5) is 22.7 Å². The predicted molar refractivity (Wildman–Crippen MR) is 101 cm³/mol. The Morgan fingerprint density at radius 1 is 0.840 bits per heavy atom. The van der Waals surface area contributed by atoms with E-state index in [9.17, 15) is 4.79 Å². The van der Waals surface area contributed by atoms with Gasteiger partial charge in [0.2, 0.25) is 0 Å². The van der Waals surface area contributed by atoms with Crippen molar-refractivity contribution in [3.05, 3.63) is 78.9 Å². The first-order valence-electron chi connectivity index (χ1n) is 8.19. The maximum atomic E-state index is 11.4. The number of nitrogens with two attached hydrogens (primary N) is 1. The van der Waals surface area contributed by atoms with Gasteiger partial charge in [-0.15, -0.1) is 0 Å². The van der Waals surface area contributed by atoms with Gasteiger partial charge >= 0.3 is 5.97 Å². The number of carbonyl (C=O) groups excluding carboxylic acids is 1. The Bertz CT molecular complexity index is 828. The highest BCUT2D eigenvalue weighted by Crippen LogP contribution is 2.35. The van der Waals surface area contributed by atoms with Gasteiger partial charge in [-0.2, -0.15) is 0 Å². The summed E-state index contributed by atoms with van der Waals surface area (Å²) in [5.74, 6) is 0.298. The van der Waals surface area contributed by atoms with Gasteiger partial charge in [-0.05, 0) is 60.7 Å². The van der Waals surface area contributed by atoms with E-state index in [1.165, 1.54) is 0 Å². The second-order valence-electron chi connectivity index (χ2n) is 5.58. The summed E-state index contributed by atoms with van der Waals surface area (Å²) in [4.78, 5) is 13.5. The van der Waals surface area contributed by atoms with E-state index in [0.717, 1.165) is 22.7 Å². The maximum Gasteiger partial charge on any atom is 0.310 e. The third kappa shape index (κ3) is 3.98. The number of rotatable bonds is 5. The van der Waals surface area contributed by atoms with Crippen LogP contribution in [0.2, 0.25) is 0 Å². The molecule has 3 aromatic rings. The highest BCUT2D eigenvalue weighted by molar-refractivity contribution is 5.78. The number of nitrogens with zero attached hydrogens (tertiary/aromatic N) is 1. The van der Waals surface area contributed by atoms with Gasteiger partial charge in [0.05, 0.1) is 0 Å². The molecule has 0 unspecified atom stereocenters. The van der Waals surface area contributed by atoms with Crippen LogP contribution in [0, 0.1) is 0 Å². The standard InChI is InChI=1S/C21H20N2O2/c1-2-21(24)25-20-14-12-19(13-15-20)23(17-6-4-3-5-7-17)18-10-8-16(22)9-11-18/h3-15H,2,22H2,1H3. The minimum Gasteiger partial charge on any atom is -0.427 e. The Morgan fingerprint density at radius 2 is 1.36 bits per heavy atom. The fourth-order valence-electron chi connectivity index (χ4n) is 2.51. The molecule has 0 radical (unpaired) electrons. The third-order valence-corrected chi connectivity index (χ3v) is 3.78. The highest BCUT2D eigenvalue weighted by atomic mass is 16.5. The number of ether oxygens (including phenoxy) is 1. The van der Waals surface area contributed by atoms with Crippen molar-refractivity contribution in [3.63, 3.8) is 0 Å². The molecule has 0 saturated heterocycles. The topological polar surface area (TPSA) is 55.6 Å². The van der Waals surface area contributed by atoms with Crippen LogP contribution < -0.4 is 15.4 Å². The number of para-hydroxylation sites is 1. The van der Waals surface area contributed by atoms with Crippen molar-refractivity contribution < 1.29 is 9.53 Å². The molecule has 0 aliphatic carbocycles. The third-order valence-electron chi connectivity index (χ3n) is 3.78. The van der Waals surface area contributed by atoms with Gasteiger partial charge < -0.3 is 15.4 Å². The van der Waals surface area contributed by atoms with Crippen LogP contribution in [0.15, 0.2) is 78.9 Å². The molecule has 0 heterocycles. The van der Waals surface area contributed by atoms with Crippen LogP contribution in [0.25, 0.3) is 0 Å². The summed E-state index contributed by atoms with van der Waals surface area (Å²) in [6, 6.07) is 25.2. The molecule has 4 heteroatoms. The SMILES string of the molecule is CCC(=O)Oc1ccc(N(c2ccccc2)c2ccc(N)cc2)cc1. The smallest absolute Gasteiger partial charge is 0.310 e. The molecular weight excluding hydrogens is 312 g/mol. The largest absolute Gasteiger partial charge is 0.427 e. The summed E-state index contributed by atoms with van der Waals surface area (Å²) in [6.45, 7) is 1.77. The quantitative estimate of drug-likeness (QED) is 0.403. The zero-order valence-corrected chi connectivity index (χ0v) is 14.1. The van der Waals surface area contributed by atoms with E-state index in [4.69, 9.17) is 10.5 Å². The molecule has 2 N–H and O–H groups in total. The van der Waals surface area contributed by atoms with Gasteiger partial charge in [0.15, 0.2) is 0 Å². The first-order valence-corrected chi connectivity index (χ1v) is 8.19. The van der Waals surface area contributed by atoms with Crippen molar-refractivity contribution in [1.82, 2.24) is 0 Å². The molecule has 0 spiro atoms. The lowest BCUT2D eigenvalue weighted by atomic mass is 10.2. The van der Waals surface area contributed by atoms with Crippen LogP contribution in [0.5, 0.6) is 5.75 Å². The lowest BCUT2D eigenvalue weighted by Crippen LogP contribution is -2.10. The summed E-state index contributed by atoms with van der Waals surface area (Å²) < 4.78 is 5.25. The molecule has 25 heavy (non-hydrogen) atoms. The summed E-state index contributed by atoms with van der Waals surface area (Å²) in [5, 5.41) is 0. The summed E-state index contributed by atoms with van der Waals surface area (Å²) in [5.41, 5.74) is 9.53. The van der Waals surface area contributed by atoms with Gasteiger partial charge in [0, 0.05) is 29.2 Å². The van der Waals surface area contributed by atoms with Gasteiger partial charge in [-0.25, -0.2) is 0 Å². The Hall–Kier alpha value is -3.27. The van der Waals surface area contributed by atoms with E-state index in [1.54, 1.807) is 19.1 Å². The zero-order chi connectivity index (χ0) is 17.6. The molecule has 3 rings (SSSR count). The molecule has 126 valence electrons. The summed E-state index contributed by atoms with van der Waals surface area (Å²) in [7, 11) is 0. The van der Waals surface area contributed by atoms with Gasteiger partial charge in [-0.3, -0.25) is 4.79 Å². The second-order valence-corrected chi connectivity index (χ2v) is 5.58. The number of anilines is 4. The Kier molecular flexibility index (Phi) is 5.00. The first kappa shape index (κ1) is 16.6. The average molecular weight is 332 g/mol. The maximum absolute atomic E-state index is 11.4. The van der Waals surface area contributed by atoms with E-state index >= 15 is 0 Å². The molecule has 0 aliphatic heterocycles. The molecule has 0 fully saturated rings. The second kappa shape index (κ2) is 7.53. The first-order chi connectivity index (χ1) is 12.2. The molecule has 0 saturated carbocycles. The number of esters is 1. The molecule has 0 amide bonds. The average Bonchev–Trinajstić information content (AvgIpc) is 2.66. The normalized spacial score (nSPS) is 10.3. The minimum atomic E-state index is -0.244. The number of nitrogen functional groups attached to an aromatic ring is 1. The lowest BCUT2D eigenvalue weighted by molar-refractivity contribution is -0.134. The van der Waals surface area contributed by atoms with Crippen LogP contribution in [0.3, 0.4) is 0 Å². The van der Waals surface area contributed by atoms with Crippen LogP contribution in [-0.4, -0.2) is 5.97 Å². The molecular formula is C21H20N2O2. The Labute approximate surface area is 147 Å². The molecule has 0 aromatic heterocycles.